The van der Waals surface area contributed by atoms with Crippen LogP contribution in [-0.2, 0) is 9.59 Å². The van der Waals surface area contributed by atoms with Gasteiger partial charge in [0.2, 0.25) is 5.91 Å². The standard InChI is InChI=1S/C13H22N2O3S/c1-3-10-15(9(7-19-10)11(16)17)12(18)13(2)5-4-6-14-8-13/h9-10,14H,3-8H2,1-2H3,(H,16,17). The summed E-state index contributed by atoms with van der Waals surface area (Å²) in [6.45, 7) is 5.55. The SMILES string of the molecule is CCC1SCC(C(=O)O)N1C(=O)C1(C)CCCNC1. The molecule has 2 saturated heterocycles. The highest BCUT2D eigenvalue weighted by Crippen LogP contribution is 2.37. The number of carbonyl (C=O) groups is 2. The van der Waals surface area contributed by atoms with Gasteiger partial charge in [0, 0.05) is 12.3 Å². The maximum Gasteiger partial charge on any atom is 0.327 e. The molecule has 0 saturated carbocycles. The molecule has 0 radical (unpaired) electrons. The summed E-state index contributed by atoms with van der Waals surface area (Å²) in [5.74, 6) is -0.378. The van der Waals surface area contributed by atoms with Gasteiger partial charge >= 0.3 is 5.97 Å². The summed E-state index contributed by atoms with van der Waals surface area (Å²) in [6, 6.07) is -0.666. The van der Waals surface area contributed by atoms with Crippen LogP contribution in [0.5, 0.6) is 0 Å². The van der Waals surface area contributed by atoms with Crippen molar-refractivity contribution in [3.63, 3.8) is 0 Å². The van der Waals surface area contributed by atoms with E-state index in [0.29, 0.717) is 12.3 Å². The zero-order chi connectivity index (χ0) is 14.0. The molecule has 2 rings (SSSR count). The smallest absolute Gasteiger partial charge is 0.327 e. The second-order valence-electron chi connectivity index (χ2n) is 5.60. The van der Waals surface area contributed by atoms with Crippen molar-refractivity contribution in [2.45, 2.75) is 44.5 Å². The van der Waals surface area contributed by atoms with Crippen molar-refractivity contribution in [3.8, 4) is 0 Å². The number of nitrogens with zero attached hydrogens (tertiary/aromatic N) is 1. The molecule has 108 valence electrons. The molecule has 2 fully saturated rings. The second-order valence-corrected chi connectivity index (χ2v) is 6.81. The number of piperidine rings is 1. The predicted octanol–water partition coefficient (Wildman–Crippen LogP) is 1.14. The van der Waals surface area contributed by atoms with Crippen molar-refractivity contribution in [1.82, 2.24) is 10.2 Å². The maximum atomic E-state index is 12.8. The number of carboxylic acids is 1. The lowest BCUT2D eigenvalue weighted by atomic mass is 9.81. The fourth-order valence-electron chi connectivity index (χ4n) is 2.89. The minimum atomic E-state index is -0.885. The molecule has 19 heavy (non-hydrogen) atoms. The van der Waals surface area contributed by atoms with Crippen LogP contribution in [0.2, 0.25) is 0 Å². The average Bonchev–Trinajstić information content (AvgIpc) is 2.82. The number of nitrogens with one attached hydrogen (secondary N) is 1. The Labute approximate surface area is 118 Å². The Morgan fingerprint density at radius 1 is 1.53 bits per heavy atom. The molecule has 0 bridgehead atoms. The van der Waals surface area contributed by atoms with Crippen molar-refractivity contribution >= 4 is 23.6 Å². The van der Waals surface area contributed by atoms with Crippen LogP contribution in [0.3, 0.4) is 0 Å². The third-order valence-electron chi connectivity index (χ3n) is 4.07. The number of aliphatic carboxylic acids is 1. The Balaban J connectivity index is 2.20. The van der Waals surface area contributed by atoms with Crippen molar-refractivity contribution in [1.29, 1.82) is 0 Å². The van der Waals surface area contributed by atoms with Crippen LogP contribution in [0.25, 0.3) is 0 Å². The average molecular weight is 286 g/mol. The number of rotatable bonds is 3. The van der Waals surface area contributed by atoms with Crippen LogP contribution < -0.4 is 5.32 Å². The van der Waals surface area contributed by atoms with E-state index in [1.54, 1.807) is 16.7 Å². The molecule has 2 aliphatic heterocycles. The van der Waals surface area contributed by atoms with E-state index in [0.717, 1.165) is 25.8 Å². The van der Waals surface area contributed by atoms with Crippen molar-refractivity contribution in [2.24, 2.45) is 5.41 Å². The molecule has 0 aromatic rings. The quantitative estimate of drug-likeness (QED) is 0.814. The summed E-state index contributed by atoms with van der Waals surface area (Å²) in [7, 11) is 0. The first-order valence-electron chi connectivity index (χ1n) is 6.87. The lowest BCUT2D eigenvalue weighted by Crippen LogP contribution is -2.55. The van der Waals surface area contributed by atoms with E-state index in [1.165, 1.54) is 0 Å². The van der Waals surface area contributed by atoms with Gasteiger partial charge in [-0.2, -0.15) is 0 Å². The molecule has 6 heteroatoms. The topological polar surface area (TPSA) is 69.6 Å². The third kappa shape index (κ3) is 2.74. The molecular weight excluding hydrogens is 264 g/mol. The molecule has 3 unspecified atom stereocenters. The molecule has 0 aliphatic carbocycles. The minimum absolute atomic E-state index is 0.00366. The lowest BCUT2D eigenvalue weighted by molar-refractivity contribution is -0.154. The predicted molar refractivity (Wildman–Crippen MR) is 75.0 cm³/mol. The van der Waals surface area contributed by atoms with Crippen LogP contribution in [0.1, 0.15) is 33.1 Å². The first-order chi connectivity index (χ1) is 8.99. The number of carboxylic acid groups (broad SMARTS) is 1. The Bertz CT molecular complexity index is 369. The number of hydrogen-bond donors (Lipinski definition) is 2. The minimum Gasteiger partial charge on any atom is -0.480 e. The van der Waals surface area contributed by atoms with Gasteiger partial charge in [0.05, 0.1) is 10.8 Å². The van der Waals surface area contributed by atoms with Gasteiger partial charge in [-0.3, -0.25) is 4.79 Å². The number of hydrogen-bond acceptors (Lipinski definition) is 4. The monoisotopic (exact) mass is 286 g/mol. The van der Waals surface area contributed by atoms with E-state index in [4.69, 9.17) is 0 Å². The number of amides is 1. The summed E-state index contributed by atoms with van der Waals surface area (Å²) in [5.41, 5.74) is -0.454. The Hall–Kier alpha value is -0.750. The first-order valence-corrected chi connectivity index (χ1v) is 7.92. The number of thioether (sulfide) groups is 1. The van der Waals surface area contributed by atoms with Gasteiger partial charge in [-0.15, -0.1) is 11.8 Å². The summed E-state index contributed by atoms with van der Waals surface area (Å²) in [4.78, 5) is 25.8. The van der Waals surface area contributed by atoms with Crippen LogP contribution >= 0.6 is 11.8 Å². The van der Waals surface area contributed by atoms with Crippen molar-refractivity contribution in [3.05, 3.63) is 0 Å². The van der Waals surface area contributed by atoms with E-state index in [9.17, 15) is 14.7 Å². The largest absolute Gasteiger partial charge is 0.480 e. The van der Waals surface area contributed by atoms with E-state index >= 15 is 0 Å². The fraction of sp³-hybridized carbons (Fsp3) is 0.846. The van der Waals surface area contributed by atoms with Gasteiger partial charge in [-0.05, 0) is 32.7 Å². The van der Waals surface area contributed by atoms with Gasteiger partial charge in [0.1, 0.15) is 6.04 Å². The molecule has 2 aliphatic rings. The first kappa shape index (κ1) is 14.7. The van der Waals surface area contributed by atoms with Crippen LogP contribution in [0.4, 0.5) is 0 Å². The van der Waals surface area contributed by atoms with E-state index < -0.39 is 17.4 Å². The summed E-state index contributed by atoms with van der Waals surface area (Å²) in [6.07, 6.45) is 2.60. The molecule has 2 heterocycles. The highest BCUT2D eigenvalue weighted by atomic mass is 32.2. The normalized spacial score (nSPS) is 35.4. The second kappa shape index (κ2) is 5.71. The molecule has 0 spiro atoms. The van der Waals surface area contributed by atoms with E-state index in [2.05, 4.69) is 5.32 Å². The van der Waals surface area contributed by atoms with Gasteiger partial charge < -0.3 is 15.3 Å². The Morgan fingerprint density at radius 2 is 2.26 bits per heavy atom. The van der Waals surface area contributed by atoms with Gasteiger partial charge in [0.25, 0.3) is 0 Å². The fourth-order valence-corrected chi connectivity index (χ4v) is 4.24. The van der Waals surface area contributed by atoms with E-state index in [-0.39, 0.29) is 11.3 Å². The zero-order valence-electron chi connectivity index (χ0n) is 11.5. The highest BCUT2D eigenvalue weighted by Gasteiger charge is 2.47. The molecule has 5 nitrogen and oxygen atoms in total. The molecule has 3 atom stereocenters. The lowest BCUT2D eigenvalue weighted by Gasteiger charge is -2.39. The maximum absolute atomic E-state index is 12.8. The molecule has 0 aromatic carbocycles. The van der Waals surface area contributed by atoms with Crippen LogP contribution in [0.15, 0.2) is 0 Å². The zero-order valence-corrected chi connectivity index (χ0v) is 12.3. The summed E-state index contributed by atoms with van der Waals surface area (Å²) >= 11 is 1.58. The van der Waals surface area contributed by atoms with Crippen molar-refractivity contribution < 1.29 is 14.7 Å². The summed E-state index contributed by atoms with van der Waals surface area (Å²) < 4.78 is 0. The highest BCUT2D eigenvalue weighted by molar-refractivity contribution is 8.00. The Morgan fingerprint density at radius 3 is 2.79 bits per heavy atom. The number of carbonyl (C=O) groups excluding carboxylic acids is 1. The van der Waals surface area contributed by atoms with Gasteiger partial charge in [0.15, 0.2) is 0 Å². The molecule has 1 amide bonds. The molecule has 2 N–H and O–H groups in total. The van der Waals surface area contributed by atoms with E-state index in [1.807, 2.05) is 13.8 Å². The third-order valence-corrected chi connectivity index (χ3v) is 5.53. The van der Waals surface area contributed by atoms with Crippen LogP contribution in [-0.4, -0.2) is 52.1 Å². The van der Waals surface area contributed by atoms with Crippen LogP contribution in [0, 0.1) is 5.41 Å². The van der Waals surface area contributed by atoms with Gasteiger partial charge in [-0.25, -0.2) is 4.79 Å². The van der Waals surface area contributed by atoms with Gasteiger partial charge in [-0.1, -0.05) is 6.92 Å². The Kier molecular flexibility index (Phi) is 4.40. The molecular formula is C13H22N2O3S. The summed E-state index contributed by atoms with van der Waals surface area (Å²) in [5, 5.41) is 12.6. The molecule has 0 aromatic heterocycles. The van der Waals surface area contributed by atoms with Crippen molar-refractivity contribution in [2.75, 3.05) is 18.8 Å².